The maximum absolute atomic E-state index is 13.7. The number of fused-ring (bicyclic) bond motifs is 1. The third kappa shape index (κ3) is 4.76. The minimum atomic E-state index is -4.88. The van der Waals surface area contributed by atoms with Gasteiger partial charge in [-0.05, 0) is 49.2 Å². The number of carbonyl (C=O) groups excluding carboxylic acids is 1. The first-order valence-corrected chi connectivity index (χ1v) is 11.1. The molecule has 1 heterocycles. The van der Waals surface area contributed by atoms with Gasteiger partial charge in [-0.15, -0.1) is 0 Å². The Morgan fingerprint density at radius 2 is 1.78 bits per heavy atom. The molecular formula is C25H18Cl2F3N3O3. The van der Waals surface area contributed by atoms with E-state index in [2.05, 4.69) is 10.3 Å². The van der Waals surface area contributed by atoms with Crippen LogP contribution in [0.15, 0.2) is 53.3 Å². The second kappa shape index (κ2) is 9.48. The molecule has 0 fully saturated rings. The zero-order valence-corrected chi connectivity index (χ0v) is 20.2. The van der Waals surface area contributed by atoms with Crippen molar-refractivity contribution in [2.24, 2.45) is 0 Å². The molecule has 1 amide bonds. The maximum atomic E-state index is 13.7. The van der Waals surface area contributed by atoms with E-state index in [0.29, 0.717) is 10.1 Å². The molecular weight excluding hydrogens is 518 g/mol. The number of alkyl halides is 3. The van der Waals surface area contributed by atoms with Crippen LogP contribution in [-0.4, -0.2) is 20.6 Å². The second-order valence-electron chi connectivity index (χ2n) is 7.85. The van der Waals surface area contributed by atoms with Gasteiger partial charge in [-0.3, -0.25) is 14.2 Å². The van der Waals surface area contributed by atoms with Crippen LogP contribution in [0, 0.1) is 13.8 Å². The predicted molar refractivity (Wildman–Crippen MR) is 132 cm³/mol. The largest absolute Gasteiger partial charge is 0.505 e. The first-order chi connectivity index (χ1) is 17.6. The van der Waals surface area contributed by atoms with Crippen LogP contribution in [-0.2, 0) is 12.7 Å². The highest BCUT2D eigenvalue weighted by Gasteiger charge is 2.33. The van der Waals surface area contributed by atoms with Crippen molar-refractivity contribution in [1.29, 1.82) is 0 Å². The van der Waals surface area contributed by atoms with E-state index in [0.717, 1.165) is 30.3 Å². The Morgan fingerprint density at radius 3 is 2.42 bits per heavy atom. The Balaban J connectivity index is 1.93. The molecule has 3 aromatic carbocycles. The maximum Gasteiger partial charge on any atom is 0.416 e. The van der Waals surface area contributed by atoms with E-state index in [1.165, 1.54) is 19.1 Å². The van der Waals surface area contributed by atoms with Gasteiger partial charge in [-0.25, -0.2) is 4.98 Å². The standard InChI is InChI=1S/C25H18Cl2F3N3O3/c1-12-7-8-19(32-23(35)15-9-17(26)22(34)18(27)10-15)20-21(12)31-13(2)33(24(20)36)11-14-5-3-4-6-16(14)25(28,29)30/h3-10,34H,11H2,1-2H3,(H,32,35)/i11D2. The Morgan fingerprint density at radius 1 is 1.14 bits per heavy atom. The van der Waals surface area contributed by atoms with Crippen molar-refractivity contribution in [2.45, 2.75) is 26.5 Å². The summed E-state index contributed by atoms with van der Waals surface area (Å²) < 4.78 is 58.8. The van der Waals surface area contributed by atoms with Crippen LogP contribution < -0.4 is 10.9 Å². The molecule has 11 heteroatoms. The van der Waals surface area contributed by atoms with E-state index in [-0.39, 0.29) is 38.0 Å². The molecule has 0 saturated carbocycles. The van der Waals surface area contributed by atoms with Crippen LogP contribution in [0.1, 0.15) is 35.6 Å². The fourth-order valence-electron chi connectivity index (χ4n) is 3.60. The summed E-state index contributed by atoms with van der Waals surface area (Å²) in [5.74, 6) is -1.36. The average molecular weight is 538 g/mol. The molecule has 4 aromatic rings. The van der Waals surface area contributed by atoms with E-state index >= 15 is 0 Å². The number of hydrogen-bond acceptors (Lipinski definition) is 4. The Hall–Kier alpha value is -3.56. The fraction of sp³-hybridized carbons (Fsp3) is 0.160. The highest BCUT2D eigenvalue weighted by molar-refractivity contribution is 6.37. The lowest BCUT2D eigenvalue weighted by molar-refractivity contribution is -0.138. The molecule has 0 radical (unpaired) electrons. The van der Waals surface area contributed by atoms with Gasteiger partial charge in [0.25, 0.3) is 11.5 Å². The van der Waals surface area contributed by atoms with E-state index in [1.807, 2.05) is 0 Å². The summed E-state index contributed by atoms with van der Waals surface area (Å²) in [7, 11) is 0. The predicted octanol–water partition coefficient (Wildman–Crippen LogP) is 6.35. The number of phenolic OH excluding ortho intramolecular Hbond substituents is 1. The van der Waals surface area contributed by atoms with Gasteiger partial charge >= 0.3 is 6.18 Å². The van der Waals surface area contributed by atoms with E-state index in [1.54, 1.807) is 13.0 Å². The van der Waals surface area contributed by atoms with Crippen LogP contribution in [0.2, 0.25) is 10.0 Å². The van der Waals surface area contributed by atoms with Crippen molar-refractivity contribution in [3.8, 4) is 5.75 Å². The summed E-state index contributed by atoms with van der Waals surface area (Å²) in [6.45, 7) is -0.0191. The normalized spacial score (nSPS) is 12.9. The molecule has 4 rings (SSSR count). The van der Waals surface area contributed by atoms with Crippen LogP contribution in [0.3, 0.4) is 0 Å². The quantitative estimate of drug-likeness (QED) is 0.318. The van der Waals surface area contributed by atoms with Gasteiger partial charge in [-0.2, -0.15) is 13.2 Å². The number of aromatic hydroxyl groups is 1. The number of carbonyl (C=O) groups is 1. The topological polar surface area (TPSA) is 84.2 Å². The molecule has 186 valence electrons. The number of aromatic nitrogens is 2. The molecule has 2 N–H and O–H groups in total. The molecule has 0 bridgehead atoms. The highest BCUT2D eigenvalue weighted by atomic mass is 35.5. The number of nitrogens with zero attached hydrogens (tertiary/aromatic N) is 2. The van der Waals surface area contributed by atoms with Gasteiger partial charge in [0, 0.05) is 5.56 Å². The van der Waals surface area contributed by atoms with Crippen molar-refractivity contribution in [3.63, 3.8) is 0 Å². The van der Waals surface area contributed by atoms with Gasteiger partial charge < -0.3 is 10.4 Å². The summed E-state index contributed by atoms with van der Waals surface area (Å²) in [5.41, 5.74) is -2.50. The lowest BCUT2D eigenvalue weighted by Crippen LogP contribution is -2.27. The molecule has 0 saturated heterocycles. The molecule has 6 nitrogen and oxygen atoms in total. The fourth-order valence-corrected chi connectivity index (χ4v) is 4.09. The summed E-state index contributed by atoms with van der Waals surface area (Å²) in [4.78, 5) is 31.0. The second-order valence-corrected chi connectivity index (χ2v) is 8.67. The van der Waals surface area contributed by atoms with Crippen molar-refractivity contribution in [1.82, 2.24) is 9.55 Å². The van der Waals surface area contributed by atoms with Crippen LogP contribution >= 0.6 is 23.2 Å². The molecule has 1 aromatic heterocycles. The number of benzene rings is 3. The first-order valence-electron chi connectivity index (χ1n) is 11.3. The number of phenols is 1. The molecule has 36 heavy (non-hydrogen) atoms. The molecule has 0 spiro atoms. The molecule has 0 aliphatic heterocycles. The number of hydrogen-bond donors (Lipinski definition) is 2. The number of rotatable bonds is 4. The Bertz CT molecular complexity index is 1650. The van der Waals surface area contributed by atoms with Gasteiger partial charge in [-0.1, -0.05) is 47.5 Å². The third-order valence-corrected chi connectivity index (χ3v) is 5.96. The summed E-state index contributed by atoms with van der Waals surface area (Å²) in [6, 6.07) is 9.31. The number of anilines is 1. The smallest absolute Gasteiger partial charge is 0.416 e. The lowest BCUT2D eigenvalue weighted by atomic mass is 10.1. The molecule has 0 atom stereocenters. The van der Waals surface area contributed by atoms with Gasteiger partial charge in [0.05, 0.1) is 41.4 Å². The molecule has 0 aliphatic rings. The summed E-state index contributed by atoms with van der Waals surface area (Å²) in [6.07, 6.45) is -4.88. The van der Waals surface area contributed by atoms with Gasteiger partial charge in [0.15, 0.2) is 5.75 Å². The Kier molecular flexibility index (Phi) is 6.02. The van der Waals surface area contributed by atoms with Gasteiger partial charge in [0.2, 0.25) is 0 Å². The van der Waals surface area contributed by atoms with E-state index < -0.39 is 41.0 Å². The minimum Gasteiger partial charge on any atom is -0.505 e. The SMILES string of the molecule is [2H]C([2H])(c1ccccc1C(F)(F)F)n1c(C)nc2c(C)ccc(NC(=O)c3cc(Cl)c(O)c(Cl)c3)c2c1=O. The minimum absolute atomic E-state index is 0.0543. The zero-order valence-electron chi connectivity index (χ0n) is 20.7. The van der Waals surface area contributed by atoms with Crippen LogP contribution in [0.4, 0.5) is 18.9 Å². The van der Waals surface area contributed by atoms with Crippen molar-refractivity contribution >= 4 is 45.7 Å². The number of amides is 1. The zero-order chi connectivity index (χ0) is 28.2. The molecule has 0 unspecified atom stereocenters. The van der Waals surface area contributed by atoms with Crippen molar-refractivity contribution < 1.29 is 25.8 Å². The van der Waals surface area contributed by atoms with Crippen LogP contribution in [0.25, 0.3) is 10.9 Å². The summed E-state index contributed by atoms with van der Waals surface area (Å²) in [5, 5.41) is 11.7. The van der Waals surface area contributed by atoms with E-state index in [9.17, 15) is 27.9 Å². The average Bonchev–Trinajstić information content (AvgIpc) is 2.83. The number of aryl methyl sites for hydroxylation is 2. The number of nitrogens with one attached hydrogen (secondary N) is 1. The summed E-state index contributed by atoms with van der Waals surface area (Å²) >= 11 is 11.8. The third-order valence-electron chi connectivity index (χ3n) is 5.39. The Labute approximate surface area is 215 Å². The molecule has 0 aliphatic carbocycles. The first kappa shape index (κ1) is 22.9. The van der Waals surface area contributed by atoms with Gasteiger partial charge in [0.1, 0.15) is 5.82 Å². The number of halogens is 5. The van der Waals surface area contributed by atoms with Crippen molar-refractivity contribution in [2.75, 3.05) is 5.32 Å². The van der Waals surface area contributed by atoms with E-state index in [4.69, 9.17) is 25.9 Å². The lowest BCUT2D eigenvalue weighted by Gasteiger charge is -2.17. The monoisotopic (exact) mass is 537 g/mol. The van der Waals surface area contributed by atoms with Crippen LogP contribution in [0.5, 0.6) is 5.75 Å². The highest BCUT2D eigenvalue weighted by Crippen LogP contribution is 2.34. The van der Waals surface area contributed by atoms with Crippen molar-refractivity contribution in [3.05, 3.63) is 97.0 Å².